The number of halogens is 1. The third-order valence-electron chi connectivity index (χ3n) is 4.58. The van der Waals surface area contributed by atoms with Crippen LogP contribution in [0.4, 0.5) is 4.39 Å². The van der Waals surface area contributed by atoms with Gasteiger partial charge in [-0.25, -0.2) is 14.1 Å². The Hall–Kier alpha value is -3.48. The second kappa shape index (κ2) is 6.68. The average molecular weight is 363 g/mol. The summed E-state index contributed by atoms with van der Waals surface area (Å²) in [7, 11) is 3.54. The molecule has 1 N–H and O–H groups in total. The van der Waals surface area contributed by atoms with E-state index in [1.165, 1.54) is 12.1 Å². The normalized spacial score (nSPS) is 11.1. The van der Waals surface area contributed by atoms with E-state index in [9.17, 15) is 9.18 Å². The van der Waals surface area contributed by atoms with Crippen LogP contribution in [0.1, 0.15) is 21.9 Å². The van der Waals surface area contributed by atoms with Crippen molar-refractivity contribution < 1.29 is 9.18 Å². The van der Waals surface area contributed by atoms with Crippen molar-refractivity contribution in [3.63, 3.8) is 0 Å². The summed E-state index contributed by atoms with van der Waals surface area (Å²) in [6.45, 7) is 0. The van der Waals surface area contributed by atoms with Crippen LogP contribution in [0.25, 0.3) is 16.7 Å². The molecule has 0 atom stereocenters. The van der Waals surface area contributed by atoms with Crippen LogP contribution in [-0.4, -0.2) is 32.3 Å². The van der Waals surface area contributed by atoms with Gasteiger partial charge < -0.3 is 9.88 Å². The predicted octanol–water partition coefficient (Wildman–Crippen LogP) is 2.85. The Morgan fingerprint density at radius 1 is 1.19 bits per heavy atom. The molecule has 0 bridgehead atoms. The summed E-state index contributed by atoms with van der Waals surface area (Å²) in [4.78, 5) is 16.5. The lowest BCUT2D eigenvalue weighted by Crippen LogP contribution is -2.17. The van der Waals surface area contributed by atoms with Crippen LogP contribution in [0.5, 0.6) is 0 Å². The lowest BCUT2D eigenvalue weighted by atomic mass is 10.2. The van der Waals surface area contributed by atoms with Crippen molar-refractivity contribution >= 4 is 16.9 Å². The Morgan fingerprint density at radius 3 is 2.81 bits per heavy atom. The number of hydrogen-bond donors (Lipinski definition) is 1. The number of nitrogens with zero attached hydrogens (tertiary/aromatic N) is 4. The van der Waals surface area contributed by atoms with Crippen molar-refractivity contribution in [2.24, 2.45) is 7.05 Å². The number of imidazole rings is 1. The molecule has 6 nitrogen and oxygen atoms in total. The van der Waals surface area contributed by atoms with Crippen LogP contribution in [0.2, 0.25) is 0 Å². The van der Waals surface area contributed by atoms with Gasteiger partial charge in [0.05, 0.1) is 22.4 Å². The van der Waals surface area contributed by atoms with E-state index in [0.717, 1.165) is 22.6 Å². The van der Waals surface area contributed by atoms with Crippen LogP contribution in [0, 0.1) is 5.82 Å². The van der Waals surface area contributed by atoms with E-state index >= 15 is 0 Å². The first-order chi connectivity index (χ1) is 13.1. The molecule has 1 amide bonds. The van der Waals surface area contributed by atoms with E-state index in [0.29, 0.717) is 17.7 Å². The Morgan fingerprint density at radius 2 is 2.04 bits per heavy atom. The van der Waals surface area contributed by atoms with E-state index in [4.69, 9.17) is 0 Å². The molecule has 2 aromatic heterocycles. The zero-order valence-corrected chi connectivity index (χ0v) is 15.0. The molecule has 7 heteroatoms. The highest BCUT2D eigenvalue weighted by Crippen LogP contribution is 2.20. The van der Waals surface area contributed by atoms with Crippen LogP contribution in [-0.2, 0) is 13.5 Å². The maximum Gasteiger partial charge on any atom is 0.251 e. The van der Waals surface area contributed by atoms with Gasteiger partial charge in [-0.2, -0.15) is 5.10 Å². The quantitative estimate of drug-likeness (QED) is 0.606. The lowest BCUT2D eigenvalue weighted by Gasteiger charge is -2.08. The smallest absolute Gasteiger partial charge is 0.251 e. The van der Waals surface area contributed by atoms with Crippen molar-refractivity contribution in [3.8, 4) is 5.69 Å². The fourth-order valence-electron chi connectivity index (χ4n) is 3.16. The van der Waals surface area contributed by atoms with Gasteiger partial charge in [-0.15, -0.1) is 0 Å². The van der Waals surface area contributed by atoms with E-state index in [1.807, 2.05) is 29.8 Å². The Kier molecular flexibility index (Phi) is 4.19. The average Bonchev–Trinajstić information content (AvgIpc) is 3.26. The van der Waals surface area contributed by atoms with E-state index in [2.05, 4.69) is 15.4 Å². The van der Waals surface area contributed by atoms with Crippen molar-refractivity contribution in [2.75, 3.05) is 7.05 Å². The van der Waals surface area contributed by atoms with Crippen molar-refractivity contribution in [3.05, 3.63) is 77.6 Å². The number of nitrogens with one attached hydrogen (secondary N) is 1. The number of carbonyl (C=O) groups is 1. The number of hydrogen-bond acceptors (Lipinski definition) is 3. The van der Waals surface area contributed by atoms with Crippen molar-refractivity contribution in [2.45, 2.75) is 6.42 Å². The number of benzene rings is 2. The largest absolute Gasteiger partial charge is 0.355 e. The third kappa shape index (κ3) is 3.08. The first-order valence-corrected chi connectivity index (χ1v) is 8.53. The summed E-state index contributed by atoms with van der Waals surface area (Å²) >= 11 is 0. The van der Waals surface area contributed by atoms with Gasteiger partial charge >= 0.3 is 0 Å². The highest BCUT2D eigenvalue weighted by atomic mass is 19.1. The van der Waals surface area contributed by atoms with Gasteiger partial charge in [-0.3, -0.25) is 4.79 Å². The molecule has 2 aromatic carbocycles. The van der Waals surface area contributed by atoms with Gasteiger partial charge in [0.25, 0.3) is 5.91 Å². The van der Waals surface area contributed by atoms with Gasteiger partial charge in [0.1, 0.15) is 11.6 Å². The second-order valence-corrected chi connectivity index (χ2v) is 6.26. The second-order valence-electron chi connectivity index (χ2n) is 6.26. The first kappa shape index (κ1) is 17.0. The summed E-state index contributed by atoms with van der Waals surface area (Å²) in [6.07, 6.45) is 2.21. The van der Waals surface area contributed by atoms with Gasteiger partial charge in [-0.05, 0) is 42.5 Å². The lowest BCUT2D eigenvalue weighted by molar-refractivity contribution is 0.0963. The molecule has 0 aliphatic carbocycles. The Bertz CT molecular complexity index is 1140. The molecular weight excluding hydrogens is 345 g/mol. The van der Waals surface area contributed by atoms with Crippen molar-refractivity contribution in [1.29, 1.82) is 0 Å². The number of rotatable bonds is 4. The molecule has 136 valence electrons. The van der Waals surface area contributed by atoms with Crippen LogP contribution < -0.4 is 5.32 Å². The molecule has 4 rings (SSSR count). The summed E-state index contributed by atoms with van der Waals surface area (Å²) in [5, 5.41) is 6.93. The zero-order chi connectivity index (χ0) is 19.0. The molecule has 0 aliphatic heterocycles. The summed E-state index contributed by atoms with van der Waals surface area (Å²) in [6, 6.07) is 13.7. The number of fused-ring (bicyclic) bond motifs is 1. The van der Waals surface area contributed by atoms with Crippen LogP contribution in [0.3, 0.4) is 0 Å². The molecule has 0 saturated carbocycles. The summed E-state index contributed by atoms with van der Waals surface area (Å²) in [5.74, 6) is 0.379. The maximum absolute atomic E-state index is 13.6. The van der Waals surface area contributed by atoms with Gasteiger partial charge in [0, 0.05) is 32.3 Å². The minimum Gasteiger partial charge on any atom is -0.355 e. The molecule has 0 aliphatic rings. The third-order valence-corrected chi connectivity index (χ3v) is 4.58. The molecule has 0 unspecified atom stereocenters. The van der Waals surface area contributed by atoms with E-state index in [1.54, 1.807) is 36.1 Å². The Balaban J connectivity index is 1.71. The minimum absolute atomic E-state index is 0.145. The number of amides is 1. The van der Waals surface area contributed by atoms with Gasteiger partial charge in [-0.1, -0.05) is 6.07 Å². The van der Waals surface area contributed by atoms with Crippen LogP contribution >= 0.6 is 0 Å². The van der Waals surface area contributed by atoms with Gasteiger partial charge in [0.2, 0.25) is 0 Å². The molecule has 0 fully saturated rings. The molecule has 27 heavy (non-hydrogen) atoms. The highest BCUT2D eigenvalue weighted by molar-refractivity contribution is 5.97. The number of aryl methyl sites for hydroxylation is 1. The van der Waals surface area contributed by atoms with Crippen molar-refractivity contribution in [1.82, 2.24) is 24.6 Å². The summed E-state index contributed by atoms with van der Waals surface area (Å²) < 4.78 is 17.3. The molecular formula is C20H18FN5O. The first-order valence-electron chi connectivity index (χ1n) is 8.53. The Labute approximate surface area is 155 Å². The van der Waals surface area contributed by atoms with E-state index in [-0.39, 0.29) is 11.7 Å². The predicted molar refractivity (Wildman–Crippen MR) is 100 cm³/mol. The summed E-state index contributed by atoms with van der Waals surface area (Å²) in [5.41, 5.74) is 3.82. The minimum atomic E-state index is -0.307. The highest BCUT2D eigenvalue weighted by Gasteiger charge is 2.14. The molecule has 0 saturated heterocycles. The molecule has 2 heterocycles. The molecule has 0 radical (unpaired) electrons. The number of carbonyl (C=O) groups excluding carboxylic acids is 1. The molecule has 4 aromatic rings. The monoisotopic (exact) mass is 363 g/mol. The number of aromatic nitrogens is 4. The zero-order valence-electron chi connectivity index (χ0n) is 15.0. The van der Waals surface area contributed by atoms with Crippen LogP contribution in [0.15, 0.2) is 54.7 Å². The molecule has 0 spiro atoms. The van der Waals surface area contributed by atoms with E-state index < -0.39 is 0 Å². The standard InChI is InChI=1S/C20H18FN5O/c1-22-20(27)13-6-7-18-17(10-13)24-19(25(18)2)12-16-8-9-23-26(16)15-5-3-4-14(21)11-15/h3-11H,12H2,1-2H3,(H,22,27). The maximum atomic E-state index is 13.6. The topological polar surface area (TPSA) is 64.7 Å². The SMILES string of the molecule is CNC(=O)c1ccc2c(c1)nc(Cc1ccnn1-c1cccc(F)c1)n2C. The fraction of sp³-hybridized carbons (Fsp3) is 0.150. The van der Waals surface area contributed by atoms with Gasteiger partial charge in [0.15, 0.2) is 0 Å². The fourth-order valence-corrected chi connectivity index (χ4v) is 3.16.